The smallest absolute Gasteiger partial charge is 0.165 e. The third kappa shape index (κ3) is 5.14. The predicted octanol–water partition coefficient (Wildman–Crippen LogP) is 4.25. The molecular formula is C17H22FNOS. The Morgan fingerprint density at radius 1 is 1.29 bits per heavy atom. The van der Waals surface area contributed by atoms with Crippen LogP contribution >= 0.6 is 11.3 Å². The molecule has 21 heavy (non-hydrogen) atoms. The molecule has 2 aromatic rings. The molecule has 0 aliphatic heterocycles. The van der Waals surface area contributed by atoms with Crippen molar-refractivity contribution in [1.29, 1.82) is 0 Å². The van der Waals surface area contributed by atoms with E-state index in [1.165, 1.54) is 11.6 Å². The number of halogens is 1. The summed E-state index contributed by atoms with van der Waals surface area (Å²) in [5.74, 6) is 0.662. The standard InChI is InChI=1S/C17H22FNOS/c1-13(2)10-19-11-15-4-3-5-16(18)17(15)20-8-6-14-7-9-21-12-14/h3-5,7,9,12-13,19H,6,8,10-11H2,1-2H3. The highest BCUT2D eigenvalue weighted by Crippen LogP contribution is 2.23. The van der Waals surface area contributed by atoms with E-state index in [4.69, 9.17) is 4.74 Å². The lowest BCUT2D eigenvalue weighted by molar-refractivity contribution is 0.301. The molecule has 1 heterocycles. The Morgan fingerprint density at radius 2 is 2.14 bits per heavy atom. The lowest BCUT2D eigenvalue weighted by Gasteiger charge is -2.13. The summed E-state index contributed by atoms with van der Waals surface area (Å²) in [5, 5.41) is 7.46. The van der Waals surface area contributed by atoms with Crippen molar-refractivity contribution in [3.63, 3.8) is 0 Å². The lowest BCUT2D eigenvalue weighted by Crippen LogP contribution is -2.19. The molecule has 1 aromatic heterocycles. The molecule has 2 nitrogen and oxygen atoms in total. The van der Waals surface area contributed by atoms with Crippen LogP contribution < -0.4 is 10.1 Å². The molecule has 0 bridgehead atoms. The molecule has 0 aliphatic carbocycles. The van der Waals surface area contributed by atoms with Crippen LogP contribution in [0.25, 0.3) is 0 Å². The van der Waals surface area contributed by atoms with E-state index in [1.54, 1.807) is 17.4 Å². The molecule has 1 N–H and O–H groups in total. The summed E-state index contributed by atoms with van der Waals surface area (Å²) < 4.78 is 19.6. The first-order valence-corrected chi connectivity index (χ1v) is 8.23. The molecule has 0 saturated carbocycles. The van der Waals surface area contributed by atoms with Gasteiger partial charge in [0.1, 0.15) is 0 Å². The molecule has 0 unspecified atom stereocenters. The number of thiophene rings is 1. The Balaban J connectivity index is 1.93. The first-order valence-electron chi connectivity index (χ1n) is 7.29. The van der Waals surface area contributed by atoms with Crippen molar-refractivity contribution in [2.24, 2.45) is 5.92 Å². The van der Waals surface area contributed by atoms with Crippen molar-refractivity contribution in [2.75, 3.05) is 13.2 Å². The van der Waals surface area contributed by atoms with Gasteiger partial charge in [-0.3, -0.25) is 0 Å². The quantitative estimate of drug-likeness (QED) is 0.787. The number of para-hydroxylation sites is 1. The minimum atomic E-state index is -0.288. The minimum Gasteiger partial charge on any atom is -0.490 e. The summed E-state index contributed by atoms with van der Waals surface area (Å²) in [7, 11) is 0. The largest absolute Gasteiger partial charge is 0.490 e. The summed E-state index contributed by atoms with van der Waals surface area (Å²) in [5.41, 5.74) is 2.11. The van der Waals surface area contributed by atoms with E-state index in [1.807, 2.05) is 11.4 Å². The number of nitrogens with one attached hydrogen (secondary N) is 1. The zero-order chi connectivity index (χ0) is 15.1. The molecule has 1 aromatic carbocycles. The Hall–Kier alpha value is -1.39. The van der Waals surface area contributed by atoms with Crippen molar-refractivity contribution in [1.82, 2.24) is 5.32 Å². The van der Waals surface area contributed by atoms with Crippen LogP contribution in [0.2, 0.25) is 0 Å². The van der Waals surface area contributed by atoms with E-state index in [0.717, 1.165) is 18.5 Å². The first-order chi connectivity index (χ1) is 10.2. The van der Waals surface area contributed by atoms with Gasteiger partial charge in [0, 0.05) is 18.5 Å². The topological polar surface area (TPSA) is 21.3 Å². The Kier molecular flexibility index (Phi) is 6.21. The summed E-state index contributed by atoms with van der Waals surface area (Å²) >= 11 is 1.67. The summed E-state index contributed by atoms with van der Waals surface area (Å²) in [4.78, 5) is 0. The number of hydrogen-bond donors (Lipinski definition) is 1. The second kappa shape index (κ2) is 8.15. The highest BCUT2D eigenvalue weighted by atomic mass is 32.1. The molecule has 0 atom stereocenters. The van der Waals surface area contributed by atoms with E-state index < -0.39 is 0 Å². The van der Waals surface area contributed by atoms with Crippen molar-refractivity contribution >= 4 is 11.3 Å². The van der Waals surface area contributed by atoms with Crippen LogP contribution in [0.4, 0.5) is 4.39 Å². The zero-order valence-corrected chi connectivity index (χ0v) is 13.4. The predicted molar refractivity (Wildman–Crippen MR) is 86.5 cm³/mol. The molecule has 0 fully saturated rings. The van der Waals surface area contributed by atoms with Crippen molar-refractivity contribution in [2.45, 2.75) is 26.8 Å². The first kappa shape index (κ1) is 16.0. The van der Waals surface area contributed by atoms with Crippen LogP contribution in [0, 0.1) is 11.7 Å². The fourth-order valence-electron chi connectivity index (χ4n) is 2.06. The van der Waals surface area contributed by atoms with Gasteiger partial charge in [0.2, 0.25) is 0 Å². The van der Waals surface area contributed by atoms with Crippen LogP contribution in [0.3, 0.4) is 0 Å². The van der Waals surface area contributed by atoms with Gasteiger partial charge in [-0.05, 0) is 40.9 Å². The van der Waals surface area contributed by atoms with Gasteiger partial charge in [0.05, 0.1) is 6.61 Å². The normalized spacial score (nSPS) is 11.0. The Labute approximate surface area is 130 Å². The maximum absolute atomic E-state index is 14.0. The van der Waals surface area contributed by atoms with E-state index >= 15 is 0 Å². The highest BCUT2D eigenvalue weighted by molar-refractivity contribution is 7.07. The molecule has 0 saturated heterocycles. The maximum atomic E-state index is 14.0. The monoisotopic (exact) mass is 307 g/mol. The van der Waals surface area contributed by atoms with Gasteiger partial charge in [-0.1, -0.05) is 26.0 Å². The zero-order valence-electron chi connectivity index (χ0n) is 12.6. The van der Waals surface area contributed by atoms with Gasteiger partial charge in [-0.2, -0.15) is 11.3 Å². The van der Waals surface area contributed by atoms with Crippen molar-refractivity contribution in [3.8, 4) is 5.75 Å². The average molecular weight is 307 g/mol. The molecule has 4 heteroatoms. The summed E-state index contributed by atoms with van der Waals surface area (Å²) in [6.07, 6.45) is 0.802. The highest BCUT2D eigenvalue weighted by Gasteiger charge is 2.10. The molecular weight excluding hydrogens is 285 g/mol. The third-order valence-electron chi connectivity index (χ3n) is 3.13. The summed E-state index contributed by atoms with van der Waals surface area (Å²) in [6, 6.07) is 7.16. The van der Waals surface area contributed by atoms with E-state index in [0.29, 0.717) is 24.8 Å². The molecule has 0 spiro atoms. The van der Waals surface area contributed by atoms with Gasteiger partial charge < -0.3 is 10.1 Å². The fraction of sp³-hybridized carbons (Fsp3) is 0.412. The summed E-state index contributed by atoms with van der Waals surface area (Å²) in [6.45, 7) is 6.33. The van der Waals surface area contributed by atoms with E-state index in [-0.39, 0.29) is 5.82 Å². The molecule has 0 aliphatic rings. The van der Waals surface area contributed by atoms with Gasteiger partial charge >= 0.3 is 0 Å². The van der Waals surface area contributed by atoms with Gasteiger partial charge in [-0.25, -0.2) is 4.39 Å². The molecule has 0 amide bonds. The number of hydrogen-bond acceptors (Lipinski definition) is 3. The Morgan fingerprint density at radius 3 is 2.86 bits per heavy atom. The van der Waals surface area contributed by atoms with Crippen LogP contribution in [0.15, 0.2) is 35.0 Å². The average Bonchev–Trinajstić information content (AvgIpc) is 2.94. The van der Waals surface area contributed by atoms with Crippen molar-refractivity contribution in [3.05, 3.63) is 52.0 Å². The van der Waals surface area contributed by atoms with E-state index in [9.17, 15) is 4.39 Å². The molecule has 114 valence electrons. The third-order valence-corrected chi connectivity index (χ3v) is 3.87. The van der Waals surface area contributed by atoms with Crippen LogP contribution in [0.1, 0.15) is 25.0 Å². The second-order valence-electron chi connectivity index (χ2n) is 5.48. The van der Waals surface area contributed by atoms with Crippen LogP contribution in [-0.4, -0.2) is 13.2 Å². The van der Waals surface area contributed by atoms with Crippen molar-refractivity contribution < 1.29 is 9.13 Å². The van der Waals surface area contributed by atoms with E-state index in [2.05, 4.69) is 30.6 Å². The van der Waals surface area contributed by atoms with Gasteiger partial charge in [0.25, 0.3) is 0 Å². The number of ether oxygens (including phenoxy) is 1. The SMILES string of the molecule is CC(C)CNCc1cccc(F)c1OCCc1ccsc1. The maximum Gasteiger partial charge on any atom is 0.165 e. The van der Waals surface area contributed by atoms with Crippen LogP contribution in [-0.2, 0) is 13.0 Å². The number of benzene rings is 1. The van der Waals surface area contributed by atoms with Gasteiger partial charge in [0.15, 0.2) is 11.6 Å². The lowest BCUT2D eigenvalue weighted by atomic mass is 10.1. The molecule has 0 radical (unpaired) electrons. The van der Waals surface area contributed by atoms with Crippen LogP contribution in [0.5, 0.6) is 5.75 Å². The second-order valence-corrected chi connectivity index (χ2v) is 6.26. The fourth-order valence-corrected chi connectivity index (χ4v) is 2.76. The van der Waals surface area contributed by atoms with Gasteiger partial charge in [-0.15, -0.1) is 0 Å². The molecule has 2 rings (SSSR count). The minimum absolute atomic E-state index is 0.288. The number of rotatable bonds is 8. The Bertz CT molecular complexity index is 540.